The van der Waals surface area contributed by atoms with Crippen LogP contribution in [0.25, 0.3) is 16.7 Å². The zero-order chi connectivity index (χ0) is 22.6. The van der Waals surface area contributed by atoms with Crippen molar-refractivity contribution in [3.63, 3.8) is 0 Å². The van der Waals surface area contributed by atoms with E-state index in [1.165, 1.54) is 5.39 Å². The zero-order valence-corrected chi connectivity index (χ0v) is 18.6. The van der Waals surface area contributed by atoms with Gasteiger partial charge in [-0.15, -0.1) is 0 Å². The van der Waals surface area contributed by atoms with Crippen LogP contribution in [-0.4, -0.2) is 40.1 Å². The van der Waals surface area contributed by atoms with E-state index in [-0.39, 0.29) is 11.8 Å². The number of amides is 1. The molecule has 2 aromatic heterocycles. The first-order chi connectivity index (χ1) is 16.2. The number of benzene rings is 2. The topological polar surface area (TPSA) is 72.3 Å². The average Bonchev–Trinajstić information content (AvgIpc) is 3.30. The third kappa shape index (κ3) is 4.39. The lowest BCUT2D eigenvalue weighted by Gasteiger charge is -2.33. The molecule has 1 aliphatic rings. The molecule has 168 valence electrons. The number of piperidine rings is 1. The summed E-state index contributed by atoms with van der Waals surface area (Å²) < 4.78 is 7.72. The Balaban J connectivity index is 1.33. The van der Waals surface area contributed by atoms with Gasteiger partial charge in [0.05, 0.1) is 23.7 Å². The first kappa shape index (κ1) is 21.0. The predicted molar refractivity (Wildman–Crippen MR) is 130 cm³/mol. The number of anilines is 2. The van der Waals surface area contributed by atoms with Crippen molar-refractivity contribution in [1.82, 2.24) is 14.5 Å². The molecule has 1 amide bonds. The molecule has 1 atom stereocenters. The highest BCUT2D eigenvalue weighted by Crippen LogP contribution is 2.28. The van der Waals surface area contributed by atoms with Gasteiger partial charge in [-0.3, -0.25) is 4.79 Å². The SMILES string of the molecule is CCOc1ccccc1NC(=O)C1CCCN(c2cc(-n3ccc4ccccc43)ncn2)C1. The largest absolute Gasteiger partial charge is 0.492 e. The molecule has 1 fully saturated rings. The number of para-hydroxylation sites is 3. The van der Waals surface area contributed by atoms with Crippen molar-refractivity contribution in [2.24, 2.45) is 5.92 Å². The van der Waals surface area contributed by atoms with Crippen LogP contribution in [0.1, 0.15) is 19.8 Å². The van der Waals surface area contributed by atoms with Crippen molar-refractivity contribution in [3.05, 3.63) is 73.2 Å². The fraction of sp³-hybridized carbons (Fsp3) is 0.269. The van der Waals surface area contributed by atoms with E-state index in [0.717, 1.165) is 36.5 Å². The Kier molecular flexibility index (Phi) is 5.93. The number of nitrogens with one attached hydrogen (secondary N) is 1. The Hall–Kier alpha value is -3.87. The van der Waals surface area contributed by atoms with Gasteiger partial charge in [-0.1, -0.05) is 30.3 Å². The van der Waals surface area contributed by atoms with E-state index >= 15 is 0 Å². The van der Waals surface area contributed by atoms with Crippen molar-refractivity contribution < 1.29 is 9.53 Å². The summed E-state index contributed by atoms with van der Waals surface area (Å²) in [5, 5.41) is 4.23. The number of aromatic nitrogens is 3. The van der Waals surface area contributed by atoms with E-state index in [9.17, 15) is 4.79 Å². The normalized spacial score (nSPS) is 16.0. The van der Waals surface area contributed by atoms with E-state index in [2.05, 4.69) is 43.0 Å². The van der Waals surface area contributed by atoms with E-state index < -0.39 is 0 Å². The quantitative estimate of drug-likeness (QED) is 0.471. The van der Waals surface area contributed by atoms with Crippen molar-refractivity contribution in [2.45, 2.75) is 19.8 Å². The van der Waals surface area contributed by atoms with Gasteiger partial charge in [0, 0.05) is 25.4 Å². The highest BCUT2D eigenvalue weighted by atomic mass is 16.5. The molecule has 5 rings (SSSR count). The van der Waals surface area contributed by atoms with Gasteiger partial charge in [-0.2, -0.15) is 0 Å². The summed E-state index contributed by atoms with van der Waals surface area (Å²) in [5.41, 5.74) is 1.82. The van der Waals surface area contributed by atoms with Crippen LogP contribution in [0.2, 0.25) is 0 Å². The number of fused-ring (bicyclic) bond motifs is 1. The average molecular weight is 442 g/mol. The van der Waals surface area contributed by atoms with Crippen LogP contribution in [0, 0.1) is 5.92 Å². The van der Waals surface area contributed by atoms with Gasteiger partial charge >= 0.3 is 0 Å². The van der Waals surface area contributed by atoms with Crippen molar-refractivity contribution in [3.8, 4) is 11.6 Å². The molecule has 0 aliphatic carbocycles. The van der Waals surface area contributed by atoms with E-state index in [1.807, 2.05) is 55.6 Å². The van der Waals surface area contributed by atoms with E-state index in [4.69, 9.17) is 4.74 Å². The van der Waals surface area contributed by atoms with E-state index in [1.54, 1.807) is 6.33 Å². The maximum absolute atomic E-state index is 13.1. The van der Waals surface area contributed by atoms with Crippen molar-refractivity contribution >= 4 is 28.3 Å². The second kappa shape index (κ2) is 9.32. The number of carbonyl (C=O) groups excluding carboxylic acids is 1. The fourth-order valence-corrected chi connectivity index (χ4v) is 4.41. The third-order valence-electron chi connectivity index (χ3n) is 6.05. The minimum Gasteiger partial charge on any atom is -0.492 e. The van der Waals surface area contributed by atoms with Gasteiger partial charge in [-0.25, -0.2) is 9.97 Å². The van der Waals surface area contributed by atoms with Gasteiger partial charge in [0.1, 0.15) is 23.7 Å². The number of hydrogen-bond donors (Lipinski definition) is 1. The molecule has 1 N–H and O–H groups in total. The van der Waals surface area contributed by atoms with Crippen LogP contribution in [0.5, 0.6) is 5.75 Å². The number of rotatable bonds is 6. The first-order valence-electron chi connectivity index (χ1n) is 11.4. The van der Waals surface area contributed by atoms with Gasteiger partial charge in [0.2, 0.25) is 5.91 Å². The molecule has 7 nitrogen and oxygen atoms in total. The Bertz CT molecular complexity index is 1270. The molecular formula is C26H27N5O2. The number of carbonyl (C=O) groups is 1. The van der Waals surface area contributed by atoms with Crippen LogP contribution >= 0.6 is 0 Å². The molecule has 7 heteroatoms. The number of nitrogens with zero attached hydrogens (tertiary/aromatic N) is 4. The molecule has 0 spiro atoms. The molecular weight excluding hydrogens is 414 g/mol. The van der Waals surface area contributed by atoms with Crippen LogP contribution < -0.4 is 15.0 Å². The molecule has 2 aromatic carbocycles. The lowest BCUT2D eigenvalue weighted by molar-refractivity contribution is -0.120. The monoisotopic (exact) mass is 441 g/mol. The lowest BCUT2D eigenvalue weighted by atomic mass is 9.97. The Morgan fingerprint density at radius 2 is 1.91 bits per heavy atom. The molecule has 1 unspecified atom stereocenters. The molecule has 0 radical (unpaired) electrons. The van der Waals surface area contributed by atoms with E-state index in [0.29, 0.717) is 24.6 Å². The summed E-state index contributed by atoms with van der Waals surface area (Å²) in [6, 6.07) is 19.9. The minimum atomic E-state index is -0.126. The predicted octanol–water partition coefficient (Wildman–Crippen LogP) is 4.67. The molecule has 4 aromatic rings. The summed E-state index contributed by atoms with van der Waals surface area (Å²) in [7, 11) is 0. The van der Waals surface area contributed by atoms with Gasteiger partial charge in [0.25, 0.3) is 0 Å². The summed E-state index contributed by atoms with van der Waals surface area (Å²) in [4.78, 5) is 24.3. The number of ether oxygens (including phenoxy) is 1. The Morgan fingerprint density at radius 1 is 1.09 bits per heavy atom. The molecule has 3 heterocycles. The van der Waals surface area contributed by atoms with Gasteiger partial charge in [0.15, 0.2) is 0 Å². The highest BCUT2D eigenvalue weighted by Gasteiger charge is 2.27. The summed E-state index contributed by atoms with van der Waals surface area (Å²) in [5.74, 6) is 2.24. The standard InChI is InChI=1S/C26H27N5O2/c1-2-33-23-12-6-4-10-21(23)29-26(32)20-9-7-14-30(17-20)24-16-25(28-18-27-24)31-15-13-19-8-3-5-11-22(19)31/h3-6,8,10-13,15-16,18,20H,2,7,9,14,17H2,1H3,(H,29,32). The molecule has 1 aliphatic heterocycles. The Labute approximate surface area is 193 Å². The third-order valence-corrected chi connectivity index (χ3v) is 6.05. The second-order valence-electron chi connectivity index (χ2n) is 8.18. The first-order valence-corrected chi connectivity index (χ1v) is 11.4. The molecule has 33 heavy (non-hydrogen) atoms. The van der Waals surface area contributed by atoms with Crippen molar-refractivity contribution in [1.29, 1.82) is 0 Å². The maximum Gasteiger partial charge on any atom is 0.229 e. The zero-order valence-electron chi connectivity index (χ0n) is 18.6. The molecule has 1 saturated heterocycles. The summed E-state index contributed by atoms with van der Waals surface area (Å²) in [6.45, 7) is 3.97. The lowest BCUT2D eigenvalue weighted by Crippen LogP contribution is -2.41. The smallest absolute Gasteiger partial charge is 0.229 e. The maximum atomic E-state index is 13.1. The van der Waals surface area contributed by atoms with Crippen molar-refractivity contribution in [2.75, 3.05) is 29.9 Å². The number of hydrogen-bond acceptors (Lipinski definition) is 5. The van der Waals surface area contributed by atoms with Crippen LogP contribution in [0.3, 0.4) is 0 Å². The summed E-state index contributed by atoms with van der Waals surface area (Å²) in [6.07, 6.45) is 5.40. The van der Waals surface area contributed by atoms with Crippen LogP contribution in [0.4, 0.5) is 11.5 Å². The Morgan fingerprint density at radius 3 is 2.82 bits per heavy atom. The van der Waals surface area contributed by atoms with Crippen LogP contribution in [-0.2, 0) is 4.79 Å². The fourth-order valence-electron chi connectivity index (χ4n) is 4.41. The van der Waals surface area contributed by atoms with Gasteiger partial charge in [-0.05, 0) is 49.4 Å². The molecule has 0 saturated carbocycles. The second-order valence-corrected chi connectivity index (χ2v) is 8.18. The highest BCUT2D eigenvalue weighted by molar-refractivity contribution is 5.94. The summed E-state index contributed by atoms with van der Waals surface area (Å²) >= 11 is 0. The van der Waals surface area contributed by atoms with Crippen LogP contribution in [0.15, 0.2) is 73.2 Å². The minimum absolute atomic E-state index is 0.0116. The molecule has 0 bridgehead atoms. The van der Waals surface area contributed by atoms with Gasteiger partial charge < -0.3 is 19.5 Å².